The van der Waals surface area contributed by atoms with Crippen molar-refractivity contribution in [1.29, 1.82) is 0 Å². The van der Waals surface area contributed by atoms with Gasteiger partial charge in [-0.1, -0.05) is 64.5 Å². The molecule has 272 valence electrons. The quantitative estimate of drug-likeness (QED) is 0.225. The Bertz CT molecular complexity index is 1680. The Morgan fingerprint density at radius 2 is 1.49 bits per heavy atom. The van der Waals surface area contributed by atoms with Crippen LogP contribution in [-0.4, -0.2) is 89.1 Å². The zero-order chi connectivity index (χ0) is 36.3. The van der Waals surface area contributed by atoms with Gasteiger partial charge in [-0.25, -0.2) is 4.79 Å². The number of carbonyl (C=O) groups is 3. The number of rotatable bonds is 9. The van der Waals surface area contributed by atoms with E-state index in [1.165, 1.54) is 5.56 Å². The van der Waals surface area contributed by atoms with Crippen LogP contribution < -0.4 is 9.64 Å². The number of carbonyl (C=O) groups excluding carboxylic acids is 3. The predicted octanol–water partition coefficient (Wildman–Crippen LogP) is 7.49. The van der Waals surface area contributed by atoms with E-state index in [0.717, 1.165) is 41.5 Å². The molecule has 0 spiro atoms. The van der Waals surface area contributed by atoms with E-state index in [1.54, 1.807) is 23.6 Å². The smallest absolute Gasteiger partial charge is 0.410 e. The fourth-order valence-electron chi connectivity index (χ4n) is 7.13. The van der Waals surface area contributed by atoms with Crippen LogP contribution >= 0.6 is 15.9 Å². The Kier molecular flexibility index (Phi) is 11.0. The van der Waals surface area contributed by atoms with E-state index in [9.17, 15) is 14.4 Å². The van der Waals surface area contributed by atoms with Gasteiger partial charge in [0.2, 0.25) is 5.91 Å². The molecule has 0 radical (unpaired) electrons. The van der Waals surface area contributed by atoms with E-state index in [-0.39, 0.29) is 29.7 Å². The van der Waals surface area contributed by atoms with Gasteiger partial charge in [0.15, 0.2) is 5.60 Å². The number of nitrogens with zero attached hydrogens (tertiary/aromatic N) is 4. The molecule has 2 saturated heterocycles. The van der Waals surface area contributed by atoms with E-state index in [4.69, 9.17) is 9.47 Å². The lowest BCUT2D eigenvalue weighted by Gasteiger charge is -2.41. The van der Waals surface area contributed by atoms with E-state index in [0.29, 0.717) is 51.1 Å². The molecule has 1 saturated carbocycles. The molecule has 3 aromatic carbocycles. The van der Waals surface area contributed by atoms with E-state index in [1.807, 2.05) is 57.2 Å². The number of benzene rings is 3. The highest BCUT2D eigenvalue weighted by Gasteiger charge is 2.41. The van der Waals surface area contributed by atoms with Crippen molar-refractivity contribution >= 4 is 39.5 Å². The summed E-state index contributed by atoms with van der Waals surface area (Å²) in [7, 11) is 0. The molecule has 3 fully saturated rings. The Labute approximate surface area is 311 Å². The molecule has 0 bridgehead atoms. The van der Waals surface area contributed by atoms with Crippen molar-refractivity contribution in [2.24, 2.45) is 5.92 Å². The number of piperidine rings is 1. The molecule has 2 heterocycles. The van der Waals surface area contributed by atoms with Gasteiger partial charge in [0.1, 0.15) is 11.4 Å². The third kappa shape index (κ3) is 9.44. The summed E-state index contributed by atoms with van der Waals surface area (Å²) in [4.78, 5) is 48.5. The van der Waals surface area contributed by atoms with Crippen LogP contribution in [0.4, 0.5) is 10.5 Å². The number of ether oxygens (including phenoxy) is 2. The van der Waals surface area contributed by atoms with Crippen LogP contribution in [0.25, 0.3) is 0 Å². The summed E-state index contributed by atoms with van der Waals surface area (Å²) in [5.74, 6) is 0.705. The van der Waals surface area contributed by atoms with Crippen LogP contribution in [0, 0.1) is 5.92 Å². The first-order chi connectivity index (χ1) is 24.3. The first-order valence-electron chi connectivity index (χ1n) is 18.2. The lowest BCUT2D eigenvalue weighted by Crippen LogP contribution is -2.57. The molecule has 2 atom stereocenters. The Morgan fingerprint density at radius 3 is 2.14 bits per heavy atom. The lowest BCUT2D eigenvalue weighted by atomic mass is 9.83. The van der Waals surface area contributed by atoms with Crippen molar-refractivity contribution in [3.63, 3.8) is 0 Å². The molecule has 0 aromatic heterocycles. The van der Waals surface area contributed by atoms with Crippen LogP contribution in [0.2, 0.25) is 0 Å². The number of piperazine rings is 1. The van der Waals surface area contributed by atoms with Gasteiger partial charge in [0.05, 0.1) is 5.92 Å². The van der Waals surface area contributed by atoms with Gasteiger partial charge in [-0.2, -0.15) is 0 Å². The molecule has 3 amide bonds. The standard InChI is InChI=1S/C41H51BrN4O5/c1-40(2,3)51-39(49)44-22-20-43(21-23-44)38(48)41(4,5)50-36-13-9-12-35(25-36)45-27-31(30-10-7-6-8-11-30)24-32(28-45)37(47)46(34-18-19-34)26-29-14-16-33(42)17-15-29/h6-17,25,31-32,34H,18-24,26-28H2,1-5H3. The summed E-state index contributed by atoms with van der Waals surface area (Å²) in [5.41, 5.74) is 1.64. The Balaban J connectivity index is 1.16. The average molecular weight is 760 g/mol. The van der Waals surface area contributed by atoms with Crippen LogP contribution in [0.3, 0.4) is 0 Å². The molecular formula is C41H51BrN4O5. The zero-order valence-corrected chi connectivity index (χ0v) is 32.1. The van der Waals surface area contributed by atoms with Crippen LogP contribution in [0.5, 0.6) is 5.75 Å². The van der Waals surface area contributed by atoms with Crippen molar-refractivity contribution < 1.29 is 23.9 Å². The second kappa shape index (κ2) is 15.3. The molecule has 6 rings (SSSR count). The minimum Gasteiger partial charge on any atom is -0.478 e. The fraction of sp³-hybridized carbons (Fsp3) is 0.488. The Hall–Kier alpha value is -4.05. The average Bonchev–Trinajstić information content (AvgIpc) is 3.96. The first-order valence-corrected chi connectivity index (χ1v) is 19.0. The molecule has 0 N–H and O–H groups in total. The minimum atomic E-state index is -1.13. The molecule has 3 aliphatic rings. The van der Waals surface area contributed by atoms with Crippen molar-refractivity contribution in [2.45, 2.75) is 83.6 Å². The largest absolute Gasteiger partial charge is 0.478 e. The van der Waals surface area contributed by atoms with Gasteiger partial charge in [0.25, 0.3) is 5.91 Å². The maximum Gasteiger partial charge on any atom is 0.410 e. The summed E-state index contributed by atoms with van der Waals surface area (Å²) in [6.07, 6.45) is 2.53. The van der Waals surface area contributed by atoms with E-state index >= 15 is 0 Å². The summed E-state index contributed by atoms with van der Waals surface area (Å²) in [6, 6.07) is 26.9. The Morgan fingerprint density at radius 1 is 0.824 bits per heavy atom. The second-order valence-corrected chi connectivity index (χ2v) is 16.6. The highest BCUT2D eigenvalue weighted by atomic mass is 79.9. The summed E-state index contributed by atoms with van der Waals surface area (Å²) >= 11 is 3.53. The maximum absolute atomic E-state index is 14.4. The van der Waals surface area contributed by atoms with Gasteiger partial charge in [-0.3, -0.25) is 9.59 Å². The SMILES string of the molecule is CC(C)(C)OC(=O)N1CCN(C(=O)C(C)(C)Oc2cccc(N3CC(C(=O)N(Cc4ccc(Br)cc4)C4CC4)CC(c4ccccc4)C3)c2)CC1. The first kappa shape index (κ1) is 36.7. The van der Waals surface area contributed by atoms with Crippen LogP contribution in [0.15, 0.2) is 83.3 Å². The van der Waals surface area contributed by atoms with Gasteiger partial charge in [-0.05, 0) is 89.3 Å². The third-order valence-corrected chi connectivity index (χ3v) is 10.4. The number of amides is 3. The minimum absolute atomic E-state index is 0.129. The summed E-state index contributed by atoms with van der Waals surface area (Å²) in [6.45, 7) is 12.8. The number of anilines is 1. The summed E-state index contributed by atoms with van der Waals surface area (Å²) < 4.78 is 13.0. The molecule has 1 aliphatic carbocycles. The van der Waals surface area contributed by atoms with E-state index in [2.05, 4.69) is 68.2 Å². The van der Waals surface area contributed by atoms with Crippen LogP contribution in [0.1, 0.15) is 70.9 Å². The van der Waals surface area contributed by atoms with Crippen molar-refractivity contribution in [3.8, 4) is 5.75 Å². The number of hydrogen-bond donors (Lipinski definition) is 0. The predicted molar refractivity (Wildman–Crippen MR) is 203 cm³/mol. The molecule has 2 unspecified atom stereocenters. The lowest BCUT2D eigenvalue weighted by molar-refractivity contribution is -0.147. The maximum atomic E-state index is 14.4. The fourth-order valence-corrected chi connectivity index (χ4v) is 7.40. The van der Waals surface area contributed by atoms with Crippen molar-refractivity contribution in [1.82, 2.24) is 14.7 Å². The van der Waals surface area contributed by atoms with Gasteiger partial charge >= 0.3 is 6.09 Å². The third-order valence-electron chi connectivity index (χ3n) is 9.90. The molecular weight excluding hydrogens is 708 g/mol. The molecule has 3 aromatic rings. The monoisotopic (exact) mass is 758 g/mol. The number of hydrogen-bond acceptors (Lipinski definition) is 6. The normalized spacial score (nSPS) is 19.8. The van der Waals surface area contributed by atoms with Crippen molar-refractivity contribution in [2.75, 3.05) is 44.2 Å². The molecule has 10 heteroatoms. The number of halogens is 1. The van der Waals surface area contributed by atoms with E-state index < -0.39 is 11.2 Å². The van der Waals surface area contributed by atoms with Crippen LogP contribution in [-0.2, 0) is 20.9 Å². The summed E-state index contributed by atoms with van der Waals surface area (Å²) in [5, 5.41) is 0. The molecule has 2 aliphatic heterocycles. The van der Waals surface area contributed by atoms with Gasteiger partial charge in [-0.15, -0.1) is 0 Å². The van der Waals surface area contributed by atoms with Gasteiger partial charge < -0.3 is 29.1 Å². The van der Waals surface area contributed by atoms with Gasteiger partial charge in [0, 0.05) is 74.0 Å². The zero-order valence-electron chi connectivity index (χ0n) is 30.5. The second-order valence-electron chi connectivity index (χ2n) is 15.6. The van der Waals surface area contributed by atoms with Crippen molar-refractivity contribution in [3.05, 3.63) is 94.5 Å². The highest BCUT2D eigenvalue weighted by Crippen LogP contribution is 2.38. The highest BCUT2D eigenvalue weighted by molar-refractivity contribution is 9.10. The topological polar surface area (TPSA) is 82.6 Å². The molecule has 51 heavy (non-hydrogen) atoms. The molecule has 9 nitrogen and oxygen atoms in total.